The number of anilines is 3. The Bertz CT molecular complexity index is 910. The monoisotopic (exact) mass is 377 g/mol. The first-order valence-electron chi connectivity index (χ1n) is 9.22. The van der Waals surface area contributed by atoms with Crippen molar-refractivity contribution in [3.05, 3.63) is 48.9 Å². The molecule has 0 amide bonds. The highest BCUT2D eigenvalue weighted by Gasteiger charge is 2.15. The number of hydrogen-bond acceptors (Lipinski definition) is 8. The minimum absolute atomic E-state index is 0.526. The molecule has 0 bridgehead atoms. The van der Waals surface area contributed by atoms with Crippen LogP contribution in [0, 0.1) is 0 Å². The second kappa shape index (κ2) is 8.18. The fraction of sp³-hybridized carbons (Fsp3) is 0.300. The first-order valence-corrected chi connectivity index (χ1v) is 9.22. The van der Waals surface area contributed by atoms with Gasteiger partial charge in [0.15, 0.2) is 17.4 Å². The van der Waals surface area contributed by atoms with Gasteiger partial charge in [0.1, 0.15) is 11.5 Å². The van der Waals surface area contributed by atoms with E-state index in [4.69, 9.17) is 4.74 Å². The largest absolute Gasteiger partial charge is 0.491 e. The Morgan fingerprint density at radius 3 is 2.50 bits per heavy atom. The van der Waals surface area contributed by atoms with Gasteiger partial charge in [-0.1, -0.05) is 6.07 Å². The highest BCUT2D eigenvalue weighted by atomic mass is 16.5. The normalized spacial score (nSPS) is 14.7. The van der Waals surface area contributed by atoms with Gasteiger partial charge in [0.05, 0.1) is 25.2 Å². The molecular formula is C20H23N7O. The molecule has 144 valence electrons. The molecule has 0 aliphatic carbocycles. The van der Waals surface area contributed by atoms with Gasteiger partial charge in [0.25, 0.3) is 0 Å². The predicted octanol–water partition coefficient (Wildman–Crippen LogP) is 2.44. The Hall–Kier alpha value is -3.26. The maximum Gasteiger partial charge on any atom is 0.180 e. The van der Waals surface area contributed by atoms with E-state index in [1.807, 2.05) is 30.5 Å². The summed E-state index contributed by atoms with van der Waals surface area (Å²) in [6.07, 6.45) is 5.24. The third-order valence-corrected chi connectivity index (χ3v) is 4.73. The van der Waals surface area contributed by atoms with Gasteiger partial charge in [-0.05, 0) is 31.3 Å². The lowest BCUT2D eigenvalue weighted by Crippen LogP contribution is -2.44. The molecule has 3 aromatic heterocycles. The number of pyridine rings is 2. The quantitative estimate of drug-likeness (QED) is 0.726. The van der Waals surface area contributed by atoms with Crippen molar-refractivity contribution in [2.24, 2.45) is 0 Å². The van der Waals surface area contributed by atoms with Gasteiger partial charge in [-0.2, -0.15) is 0 Å². The van der Waals surface area contributed by atoms with Gasteiger partial charge in [-0.3, -0.25) is 4.98 Å². The number of piperazine rings is 1. The van der Waals surface area contributed by atoms with Crippen LogP contribution in [0.4, 0.5) is 17.3 Å². The van der Waals surface area contributed by atoms with Crippen molar-refractivity contribution in [3.63, 3.8) is 0 Å². The number of aromatic nitrogens is 4. The van der Waals surface area contributed by atoms with Gasteiger partial charge in [-0.15, -0.1) is 0 Å². The van der Waals surface area contributed by atoms with E-state index in [1.54, 1.807) is 19.5 Å². The Balaban J connectivity index is 1.53. The standard InChI is InChI=1S/C20H23N7O/c1-26-9-11-27(12-10-26)15-6-7-18(22-13-15)24-20-17(28-2)14-23-19(25-20)16-5-3-4-8-21-16/h3-8,13-14H,9-12H2,1-2H3,(H,22,23,24,25). The topological polar surface area (TPSA) is 79.3 Å². The average molecular weight is 377 g/mol. The Kier molecular flexibility index (Phi) is 5.29. The van der Waals surface area contributed by atoms with Gasteiger partial charge in [0, 0.05) is 32.4 Å². The van der Waals surface area contributed by atoms with E-state index in [0.29, 0.717) is 28.9 Å². The maximum atomic E-state index is 5.39. The third kappa shape index (κ3) is 4.01. The average Bonchev–Trinajstić information content (AvgIpc) is 2.75. The van der Waals surface area contributed by atoms with Crippen LogP contribution in [-0.4, -0.2) is 65.2 Å². The van der Waals surface area contributed by atoms with E-state index in [0.717, 1.165) is 31.9 Å². The van der Waals surface area contributed by atoms with E-state index < -0.39 is 0 Å². The first-order chi connectivity index (χ1) is 13.7. The summed E-state index contributed by atoms with van der Waals surface area (Å²) in [7, 11) is 3.74. The van der Waals surface area contributed by atoms with E-state index in [2.05, 4.69) is 48.2 Å². The van der Waals surface area contributed by atoms with Crippen LogP contribution in [-0.2, 0) is 0 Å². The van der Waals surface area contributed by atoms with Crippen LogP contribution in [0.1, 0.15) is 0 Å². The van der Waals surface area contributed by atoms with Crippen LogP contribution in [0.15, 0.2) is 48.9 Å². The molecule has 0 radical (unpaired) electrons. The second-order valence-electron chi connectivity index (χ2n) is 6.64. The molecular weight excluding hydrogens is 354 g/mol. The lowest BCUT2D eigenvalue weighted by atomic mass is 10.3. The molecule has 0 atom stereocenters. The van der Waals surface area contributed by atoms with Crippen molar-refractivity contribution in [3.8, 4) is 17.3 Å². The number of rotatable bonds is 5. The molecule has 0 saturated carbocycles. The predicted molar refractivity (Wildman–Crippen MR) is 109 cm³/mol. The first kappa shape index (κ1) is 18.1. The Morgan fingerprint density at radius 2 is 1.82 bits per heavy atom. The molecule has 8 nitrogen and oxygen atoms in total. The second-order valence-corrected chi connectivity index (χ2v) is 6.64. The summed E-state index contributed by atoms with van der Waals surface area (Å²) in [6, 6.07) is 9.66. The number of methoxy groups -OCH3 is 1. The summed E-state index contributed by atoms with van der Waals surface area (Å²) < 4.78 is 5.39. The molecule has 4 heterocycles. The summed E-state index contributed by atoms with van der Waals surface area (Å²) >= 11 is 0. The lowest BCUT2D eigenvalue weighted by Gasteiger charge is -2.33. The van der Waals surface area contributed by atoms with Crippen molar-refractivity contribution < 1.29 is 4.74 Å². The van der Waals surface area contributed by atoms with Crippen molar-refractivity contribution in [1.29, 1.82) is 0 Å². The molecule has 1 aliphatic rings. The van der Waals surface area contributed by atoms with Crippen LogP contribution in [0.2, 0.25) is 0 Å². The number of likely N-dealkylation sites (N-methyl/N-ethyl adjacent to an activating group) is 1. The van der Waals surface area contributed by atoms with Crippen molar-refractivity contribution in [1.82, 2.24) is 24.8 Å². The van der Waals surface area contributed by atoms with Crippen LogP contribution >= 0.6 is 0 Å². The van der Waals surface area contributed by atoms with Crippen LogP contribution < -0.4 is 15.0 Å². The summed E-state index contributed by atoms with van der Waals surface area (Å²) in [5, 5.41) is 3.23. The Labute approximate surface area is 164 Å². The van der Waals surface area contributed by atoms with E-state index in [9.17, 15) is 0 Å². The maximum absolute atomic E-state index is 5.39. The third-order valence-electron chi connectivity index (χ3n) is 4.73. The fourth-order valence-electron chi connectivity index (χ4n) is 3.06. The SMILES string of the molecule is COc1cnc(-c2ccccn2)nc1Nc1ccc(N2CCN(C)CC2)cn1. The molecule has 1 N–H and O–H groups in total. The molecule has 1 aliphatic heterocycles. The van der Waals surface area contributed by atoms with Gasteiger partial charge >= 0.3 is 0 Å². The number of nitrogens with zero attached hydrogens (tertiary/aromatic N) is 6. The zero-order valence-corrected chi connectivity index (χ0v) is 16.0. The van der Waals surface area contributed by atoms with E-state index >= 15 is 0 Å². The minimum atomic E-state index is 0.526. The van der Waals surface area contributed by atoms with Crippen LogP contribution in [0.3, 0.4) is 0 Å². The number of ether oxygens (including phenoxy) is 1. The smallest absolute Gasteiger partial charge is 0.180 e. The highest BCUT2D eigenvalue weighted by Crippen LogP contribution is 2.27. The van der Waals surface area contributed by atoms with Gasteiger partial charge < -0.3 is 19.9 Å². The summed E-state index contributed by atoms with van der Waals surface area (Å²) in [6.45, 7) is 4.15. The minimum Gasteiger partial charge on any atom is -0.491 e. The van der Waals surface area contributed by atoms with E-state index in [1.165, 1.54) is 0 Å². The molecule has 4 rings (SSSR count). The summed E-state index contributed by atoms with van der Waals surface area (Å²) in [5.74, 6) is 2.32. The van der Waals surface area contributed by atoms with Crippen LogP contribution in [0.25, 0.3) is 11.5 Å². The van der Waals surface area contributed by atoms with Gasteiger partial charge in [0.2, 0.25) is 0 Å². The summed E-state index contributed by atoms with van der Waals surface area (Å²) in [4.78, 5) is 22.4. The van der Waals surface area contributed by atoms with E-state index in [-0.39, 0.29) is 0 Å². The zero-order chi connectivity index (χ0) is 19.3. The fourth-order valence-corrected chi connectivity index (χ4v) is 3.06. The molecule has 0 aromatic carbocycles. The lowest BCUT2D eigenvalue weighted by molar-refractivity contribution is 0.313. The number of hydrogen-bond donors (Lipinski definition) is 1. The highest BCUT2D eigenvalue weighted by molar-refractivity contribution is 5.63. The molecule has 0 unspecified atom stereocenters. The molecule has 8 heteroatoms. The van der Waals surface area contributed by atoms with Crippen molar-refractivity contribution >= 4 is 17.3 Å². The van der Waals surface area contributed by atoms with Crippen molar-refractivity contribution in [2.75, 3.05) is 50.6 Å². The zero-order valence-electron chi connectivity index (χ0n) is 16.0. The van der Waals surface area contributed by atoms with Gasteiger partial charge in [-0.25, -0.2) is 15.0 Å². The molecule has 28 heavy (non-hydrogen) atoms. The summed E-state index contributed by atoms with van der Waals surface area (Å²) in [5.41, 5.74) is 1.83. The molecule has 1 saturated heterocycles. The number of nitrogens with one attached hydrogen (secondary N) is 1. The molecule has 1 fully saturated rings. The molecule has 0 spiro atoms. The Morgan fingerprint density at radius 1 is 0.964 bits per heavy atom. The van der Waals surface area contributed by atoms with Crippen LogP contribution in [0.5, 0.6) is 5.75 Å². The van der Waals surface area contributed by atoms with Crippen molar-refractivity contribution in [2.45, 2.75) is 0 Å². The molecule has 3 aromatic rings.